The molecule has 0 spiro atoms. The topological polar surface area (TPSA) is 46.3 Å². The summed E-state index contributed by atoms with van der Waals surface area (Å²) in [4.78, 5) is 15.2. The van der Waals surface area contributed by atoms with Crippen LogP contribution in [0.4, 0.5) is 0 Å². The molecule has 2 heterocycles. The Morgan fingerprint density at radius 1 is 1.00 bits per heavy atom. The van der Waals surface area contributed by atoms with Crippen LogP contribution in [0, 0.1) is 5.92 Å². The molecule has 0 radical (unpaired) electrons. The van der Waals surface area contributed by atoms with Crippen LogP contribution in [0.5, 0.6) is 0 Å². The number of carbonyl (C=O) groups is 1. The molecule has 1 aliphatic carbocycles. The molecule has 30 heavy (non-hydrogen) atoms. The number of hydrogen-bond donors (Lipinski definition) is 0. The van der Waals surface area contributed by atoms with Crippen LogP contribution >= 0.6 is 0 Å². The number of benzene rings is 2. The summed E-state index contributed by atoms with van der Waals surface area (Å²) < 4.78 is 5.79. The van der Waals surface area contributed by atoms with Crippen LogP contribution in [0.1, 0.15) is 53.3 Å². The number of amides is 1. The Bertz CT molecular complexity index is 1000. The number of nitrogens with zero attached hydrogens (tertiary/aromatic N) is 2. The lowest BCUT2D eigenvalue weighted by atomic mass is 9.85. The van der Waals surface area contributed by atoms with Crippen LogP contribution in [0.25, 0.3) is 0 Å². The van der Waals surface area contributed by atoms with E-state index in [1.807, 2.05) is 17.0 Å². The molecule has 5 rings (SSSR count). The van der Waals surface area contributed by atoms with E-state index in [0.717, 1.165) is 42.7 Å². The van der Waals surface area contributed by atoms with Crippen LogP contribution in [-0.4, -0.2) is 22.5 Å². The average Bonchev–Trinajstić information content (AvgIpc) is 3.24. The summed E-state index contributed by atoms with van der Waals surface area (Å²) in [5, 5.41) is 4.53. The van der Waals surface area contributed by atoms with Crippen molar-refractivity contribution in [3.63, 3.8) is 0 Å². The second-order valence-electron chi connectivity index (χ2n) is 8.22. The van der Waals surface area contributed by atoms with E-state index in [1.54, 1.807) is 0 Å². The summed E-state index contributed by atoms with van der Waals surface area (Å²) in [6, 6.07) is 20.9. The zero-order valence-electron chi connectivity index (χ0n) is 17.0. The molecule has 3 aromatic rings. The summed E-state index contributed by atoms with van der Waals surface area (Å²) in [7, 11) is 0. The predicted molar refractivity (Wildman–Crippen MR) is 116 cm³/mol. The van der Waals surface area contributed by atoms with Gasteiger partial charge in [0.2, 0.25) is 5.91 Å². The first-order valence-corrected chi connectivity index (χ1v) is 10.8. The van der Waals surface area contributed by atoms with Gasteiger partial charge in [-0.2, -0.15) is 0 Å². The predicted octanol–water partition coefficient (Wildman–Crippen LogP) is 5.10. The molecule has 1 atom stereocenters. The van der Waals surface area contributed by atoms with Gasteiger partial charge < -0.3 is 9.42 Å². The second kappa shape index (κ2) is 8.31. The Morgan fingerprint density at radius 2 is 1.70 bits per heavy atom. The molecule has 1 aromatic heterocycles. The molecule has 0 saturated heterocycles. The second-order valence-corrected chi connectivity index (χ2v) is 8.22. The maximum atomic E-state index is 13.1. The minimum Gasteiger partial charge on any atom is -0.361 e. The van der Waals surface area contributed by atoms with Gasteiger partial charge in [-0.1, -0.05) is 78.0 Å². The van der Waals surface area contributed by atoms with E-state index in [0.29, 0.717) is 13.1 Å². The molecule has 152 valence electrons. The first-order chi connectivity index (χ1) is 14.8. The van der Waals surface area contributed by atoms with Gasteiger partial charge in [0.25, 0.3) is 0 Å². The lowest BCUT2D eigenvalue weighted by Crippen LogP contribution is -2.40. The van der Waals surface area contributed by atoms with E-state index in [-0.39, 0.29) is 17.7 Å². The fourth-order valence-corrected chi connectivity index (χ4v) is 4.72. The fraction of sp³-hybridized carbons (Fsp3) is 0.308. The number of allylic oxidation sites excluding steroid dienone is 2. The molecule has 0 saturated carbocycles. The highest BCUT2D eigenvalue weighted by Gasteiger charge is 2.33. The van der Waals surface area contributed by atoms with E-state index in [1.165, 1.54) is 11.1 Å². The molecular weight excluding hydrogens is 372 g/mol. The van der Waals surface area contributed by atoms with E-state index in [2.05, 4.69) is 65.8 Å². The summed E-state index contributed by atoms with van der Waals surface area (Å²) >= 11 is 0. The molecule has 0 fully saturated rings. The Morgan fingerprint density at radius 3 is 2.33 bits per heavy atom. The Balaban J connectivity index is 1.49. The lowest BCUT2D eigenvalue weighted by molar-refractivity contribution is -0.136. The molecule has 0 bridgehead atoms. The first kappa shape index (κ1) is 18.9. The van der Waals surface area contributed by atoms with Crippen LogP contribution in [0.15, 0.2) is 77.3 Å². The fourth-order valence-electron chi connectivity index (χ4n) is 4.72. The molecule has 2 aromatic carbocycles. The van der Waals surface area contributed by atoms with Crippen LogP contribution < -0.4 is 0 Å². The zero-order chi connectivity index (χ0) is 20.3. The van der Waals surface area contributed by atoms with Crippen LogP contribution in [0.3, 0.4) is 0 Å². The van der Waals surface area contributed by atoms with E-state index >= 15 is 0 Å². The van der Waals surface area contributed by atoms with Crippen molar-refractivity contribution in [2.24, 2.45) is 5.92 Å². The maximum absolute atomic E-state index is 13.1. The average molecular weight is 399 g/mol. The van der Waals surface area contributed by atoms with Crippen molar-refractivity contribution in [3.8, 4) is 0 Å². The highest BCUT2D eigenvalue weighted by atomic mass is 16.5. The highest BCUT2D eigenvalue weighted by Crippen LogP contribution is 2.36. The Labute approximate surface area is 177 Å². The summed E-state index contributed by atoms with van der Waals surface area (Å²) in [5.41, 5.74) is 4.38. The van der Waals surface area contributed by atoms with Gasteiger partial charge in [0.1, 0.15) is 11.5 Å². The third-order valence-corrected chi connectivity index (χ3v) is 6.33. The lowest BCUT2D eigenvalue weighted by Gasteiger charge is -2.31. The first-order valence-electron chi connectivity index (χ1n) is 10.8. The number of carbonyl (C=O) groups excluding carboxylic acids is 1. The van der Waals surface area contributed by atoms with Crippen molar-refractivity contribution in [1.29, 1.82) is 0 Å². The van der Waals surface area contributed by atoms with Gasteiger partial charge in [0, 0.05) is 24.4 Å². The van der Waals surface area contributed by atoms with Crippen molar-refractivity contribution in [3.05, 3.63) is 101 Å². The monoisotopic (exact) mass is 398 g/mol. The summed E-state index contributed by atoms with van der Waals surface area (Å²) in [5.74, 6) is 1.30. The summed E-state index contributed by atoms with van der Waals surface area (Å²) in [6.45, 7) is 1.30. The van der Waals surface area contributed by atoms with Crippen LogP contribution in [0.2, 0.25) is 0 Å². The SMILES string of the molecule is O=C([C@@H]1CC=CCC1)N1CCc2onc(C(c3ccccc3)c3ccccc3)c2C1. The minimum atomic E-state index is -0.00688. The number of aromatic nitrogens is 1. The van der Waals surface area contributed by atoms with E-state index in [4.69, 9.17) is 4.52 Å². The molecule has 0 unspecified atom stereocenters. The van der Waals surface area contributed by atoms with Crippen LogP contribution in [-0.2, 0) is 17.8 Å². The quantitative estimate of drug-likeness (QED) is 0.575. The van der Waals surface area contributed by atoms with E-state index in [9.17, 15) is 4.79 Å². The van der Waals surface area contributed by atoms with Crippen molar-refractivity contribution < 1.29 is 9.32 Å². The van der Waals surface area contributed by atoms with E-state index < -0.39 is 0 Å². The molecule has 1 aliphatic heterocycles. The van der Waals surface area contributed by atoms with Gasteiger partial charge in [0.05, 0.1) is 12.5 Å². The third kappa shape index (κ3) is 3.58. The Kier molecular flexibility index (Phi) is 5.22. The smallest absolute Gasteiger partial charge is 0.226 e. The number of hydrogen-bond acceptors (Lipinski definition) is 3. The van der Waals surface area contributed by atoms with Gasteiger partial charge in [-0.25, -0.2) is 0 Å². The highest BCUT2D eigenvalue weighted by molar-refractivity contribution is 5.79. The largest absolute Gasteiger partial charge is 0.361 e. The van der Waals surface area contributed by atoms with Crippen molar-refractivity contribution in [1.82, 2.24) is 10.1 Å². The maximum Gasteiger partial charge on any atom is 0.226 e. The normalized spacial score (nSPS) is 18.4. The minimum absolute atomic E-state index is 0.00688. The molecule has 2 aliphatic rings. The standard InChI is InChI=1S/C26H26N2O2/c29-26(21-14-8-3-9-15-21)28-17-16-23-22(18-28)25(27-30-23)24(19-10-4-1-5-11-19)20-12-6-2-7-13-20/h1-8,10-13,21,24H,9,14-18H2/t21-/m1/s1. The van der Waals surface area contributed by atoms with Crippen molar-refractivity contribution in [2.45, 2.75) is 38.1 Å². The molecule has 0 N–H and O–H groups in total. The third-order valence-electron chi connectivity index (χ3n) is 6.33. The number of fused-ring (bicyclic) bond motifs is 1. The molecule has 1 amide bonds. The van der Waals surface area contributed by atoms with Gasteiger partial charge in [-0.15, -0.1) is 0 Å². The van der Waals surface area contributed by atoms with Crippen molar-refractivity contribution >= 4 is 5.91 Å². The van der Waals surface area contributed by atoms with Gasteiger partial charge in [-0.05, 0) is 30.4 Å². The molecule has 4 heteroatoms. The van der Waals surface area contributed by atoms with Gasteiger partial charge >= 0.3 is 0 Å². The molecule has 4 nitrogen and oxygen atoms in total. The zero-order valence-corrected chi connectivity index (χ0v) is 17.0. The van der Waals surface area contributed by atoms with Gasteiger partial charge in [0.15, 0.2) is 0 Å². The molecular formula is C26H26N2O2. The Hall–Kier alpha value is -3.14. The van der Waals surface area contributed by atoms with Crippen molar-refractivity contribution in [2.75, 3.05) is 6.54 Å². The number of rotatable bonds is 4. The van der Waals surface area contributed by atoms with Gasteiger partial charge in [-0.3, -0.25) is 4.79 Å². The summed E-state index contributed by atoms with van der Waals surface area (Å²) in [6.07, 6.45) is 7.86.